The number of alkyl halides is 2. The average Bonchev–Trinajstić information content (AvgIpc) is 2.26. The van der Waals surface area contributed by atoms with Crippen LogP contribution in [0, 0.1) is 34.5 Å². The lowest BCUT2D eigenvalue weighted by molar-refractivity contribution is 0.448. The van der Waals surface area contributed by atoms with Crippen LogP contribution in [0.15, 0.2) is 23.3 Å². The van der Waals surface area contributed by atoms with Crippen molar-refractivity contribution in [3.05, 3.63) is 23.3 Å². The van der Waals surface area contributed by atoms with Crippen LogP contribution < -0.4 is 0 Å². The van der Waals surface area contributed by atoms with Crippen LogP contribution in [0.4, 0.5) is 0 Å². The highest BCUT2D eigenvalue weighted by atomic mass is 79.9. The molecular weight excluding hydrogens is 320 g/mol. The van der Waals surface area contributed by atoms with Gasteiger partial charge in [-0.25, -0.2) is 0 Å². The minimum atomic E-state index is 0.0714. The Balaban J connectivity index is 2.41. The number of nitriles is 2. The molecule has 0 unspecified atom stereocenters. The molecule has 2 aliphatic carbocycles. The summed E-state index contributed by atoms with van der Waals surface area (Å²) in [4.78, 5) is 0.143. The van der Waals surface area contributed by atoms with Crippen LogP contribution in [0.25, 0.3) is 0 Å². The smallest absolute Gasteiger partial charge is 0.0956 e. The number of fused-ring (bicyclic) bond motifs is 2. The Bertz CT molecular complexity index is 385. The second kappa shape index (κ2) is 4.12. The van der Waals surface area contributed by atoms with Crippen LogP contribution in [-0.4, -0.2) is 9.65 Å². The average molecular weight is 328 g/mol. The highest BCUT2D eigenvalue weighted by Gasteiger charge is 2.37. The normalized spacial score (nSPS) is 38.4. The van der Waals surface area contributed by atoms with E-state index in [1.807, 2.05) is 12.2 Å². The Labute approximate surface area is 106 Å². The highest BCUT2D eigenvalue weighted by Crippen LogP contribution is 2.43. The van der Waals surface area contributed by atoms with Crippen molar-refractivity contribution in [1.82, 2.24) is 0 Å². The van der Waals surface area contributed by atoms with Gasteiger partial charge in [0.25, 0.3) is 0 Å². The van der Waals surface area contributed by atoms with Crippen LogP contribution in [0.5, 0.6) is 0 Å². The van der Waals surface area contributed by atoms with E-state index < -0.39 is 0 Å². The summed E-state index contributed by atoms with van der Waals surface area (Å²) in [6.07, 6.45) is 4.97. The van der Waals surface area contributed by atoms with Crippen molar-refractivity contribution in [3.8, 4) is 12.1 Å². The van der Waals surface area contributed by atoms with Crippen LogP contribution in [0.2, 0.25) is 0 Å². The van der Waals surface area contributed by atoms with E-state index in [4.69, 9.17) is 10.5 Å². The molecule has 76 valence electrons. The molecule has 0 saturated carbocycles. The number of hydrogen-bond donors (Lipinski definition) is 0. The lowest BCUT2D eigenvalue weighted by Gasteiger charge is -2.35. The molecule has 0 spiro atoms. The molecule has 0 aromatic rings. The van der Waals surface area contributed by atoms with Gasteiger partial charge in [0.2, 0.25) is 0 Å². The lowest BCUT2D eigenvalue weighted by atomic mass is 9.75. The van der Waals surface area contributed by atoms with E-state index in [9.17, 15) is 0 Å². The maximum absolute atomic E-state index is 8.98. The van der Waals surface area contributed by atoms with Crippen molar-refractivity contribution in [1.29, 1.82) is 10.5 Å². The van der Waals surface area contributed by atoms with Crippen molar-refractivity contribution < 1.29 is 0 Å². The van der Waals surface area contributed by atoms with E-state index >= 15 is 0 Å². The zero-order valence-corrected chi connectivity index (χ0v) is 11.0. The van der Waals surface area contributed by atoms with Gasteiger partial charge in [0.1, 0.15) is 0 Å². The zero-order valence-electron chi connectivity index (χ0n) is 7.82. The summed E-state index contributed by atoms with van der Waals surface area (Å²) in [6.45, 7) is 0. The molecule has 0 N–H and O–H groups in total. The van der Waals surface area contributed by atoms with Crippen LogP contribution in [0.1, 0.15) is 6.42 Å². The Hall–Kier alpha value is -0.580. The van der Waals surface area contributed by atoms with E-state index in [0.29, 0.717) is 0 Å². The van der Waals surface area contributed by atoms with Gasteiger partial charge in [-0.1, -0.05) is 44.0 Å². The van der Waals surface area contributed by atoms with Gasteiger partial charge < -0.3 is 0 Å². The third-order valence-electron chi connectivity index (χ3n) is 2.94. The summed E-state index contributed by atoms with van der Waals surface area (Å²) >= 11 is 7.04. The van der Waals surface area contributed by atoms with Gasteiger partial charge in [0.05, 0.1) is 21.8 Å². The fraction of sp³-hybridized carbons (Fsp3) is 0.455. The van der Waals surface area contributed by atoms with E-state index in [1.165, 1.54) is 0 Å². The Morgan fingerprint density at radius 3 is 1.73 bits per heavy atom. The van der Waals surface area contributed by atoms with Crippen molar-refractivity contribution in [3.63, 3.8) is 0 Å². The molecule has 0 saturated heterocycles. The molecule has 2 rings (SSSR count). The van der Waals surface area contributed by atoms with Gasteiger partial charge in [-0.05, 0) is 18.3 Å². The number of hydrogen-bond acceptors (Lipinski definition) is 2. The number of rotatable bonds is 0. The molecular formula is C11H8Br2N2. The predicted molar refractivity (Wildman–Crippen MR) is 64.4 cm³/mol. The first-order valence-electron chi connectivity index (χ1n) is 4.69. The number of nitrogens with zero attached hydrogens (tertiary/aromatic N) is 2. The maximum atomic E-state index is 8.98. The Morgan fingerprint density at radius 1 is 1.00 bits per heavy atom. The molecule has 2 nitrogen and oxygen atoms in total. The largest absolute Gasteiger partial charge is 0.193 e. The Morgan fingerprint density at radius 2 is 1.40 bits per heavy atom. The summed E-state index contributed by atoms with van der Waals surface area (Å²) in [5.41, 5.74) is 1.57. The highest BCUT2D eigenvalue weighted by molar-refractivity contribution is 9.10. The fourth-order valence-electron chi connectivity index (χ4n) is 2.16. The standard InChI is InChI=1S/C11H8Br2N2/c12-10-6-1-7(3-9(10)5-15)11(13)8(2-6)4-14/h2-3,6-7,10-11H,1H2/t6-,7-,10-,11-/m0/s1. The molecule has 15 heavy (non-hydrogen) atoms. The van der Waals surface area contributed by atoms with Gasteiger partial charge in [-0.15, -0.1) is 0 Å². The van der Waals surface area contributed by atoms with E-state index in [1.54, 1.807) is 0 Å². The first kappa shape index (κ1) is 10.9. The third-order valence-corrected chi connectivity index (χ3v) is 5.28. The molecule has 2 bridgehead atoms. The number of allylic oxidation sites excluding steroid dienone is 4. The first-order chi connectivity index (χ1) is 7.17. The lowest BCUT2D eigenvalue weighted by Crippen LogP contribution is -2.32. The summed E-state index contributed by atoms with van der Waals surface area (Å²) in [5.74, 6) is 0.552. The minimum Gasteiger partial charge on any atom is -0.193 e. The van der Waals surface area contributed by atoms with Gasteiger partial charge in [0.15, 0.2) is 0 Å². The van der Waals surface area contributed by atoms with E-state index in [2.05, 4.69) is 44.0 Å². The molecule has 0 aromatic carbocycles. The monoisotopic (exact) mass is 326 g/mol. The van der Waals surface area contributed by atoms with Crippen molar-refractivity contribution in [2.24, 2.45) is 11.8 Å². The molecule has 2 aliphatic rings. The summed E-state index contributed by atoms with van der Waals surface area (Å²) in [5, 5.41) is 18.0. The van der Waals surface area contributed by atoms with Gasteiger partial charge in [-0.3, -0.25) is 0 Å². The van der Waals surface area contributed by atoms with E-state index in [-0.39, 0.29) is 21.5 Å². The maximum Gasteiger partial charge on any atom is 0.0956 e. The van der Waals surface area contributed by atoms with Crippen LogP contribution in [0.3, 0.4) is 0 Å². The summed E-state index contributed by atoms with van der Waals surface area (Å²) in [7, 11) is 0. The van der Waals surface area contributed by atoms with Crippen molar-refractivity contribution in [2.45, 2.75) is 16.1 Å². The molecule has 0 aromatic heterocycles. The third kappa shape index (κ3) is 1.77. The first-order valence-corrected chi connectivity index (χ1v) is 6.52. The molecule has 4 atom stereocenters. The van der Waals surface area contributed by atoms with Gasteiger partial charge in [-0.2, -0.15) is 10.5 Å². The van der Waals surface area contributed by atoms with Crippen LogP contribution in [-0.2, 0) is 0 Å². The summed E-state index contributed by atoms with van der Waals surface area (Å²) in [6, 6.07) is 4.43. The van der Waals surface area contributed by atoms with Gasteiger partial charge in [0, 0.05) is 11.1 Å². The van der Waals surface area contributed by atoms with Crippen molar-refractivity contribution in [2.75, 3.05) is 0 Å². The summed E-state index contributed by atoms with van der Waals surface area (Å²) < 4.78 is 0. The number of halogens is 2. The Kier molecular flexibility index (Phi) is 3.00. The molecule has 4 heteroatoms. The van der Waals surface area contributed by atoms with Gasteiger partial charge >= 0.3 is 0 Å². The minimum absolute atomic E-state index is 0.0714. The topological polar surface area (TPSA) is 47.6 Å². The molecule has 0 heterocycles. The van der Waals surface area contributed by atoms with E-state index in [0.717, 1.165) is 17.6 Å². The predicted octanol–water partition coefficient (Wildman–Crippen LogP) is 3.06. The molecule has 0 amide bonds. The quantitative estimate of drug-likeness (QED) is 0.642. The van der Waals surface area contributed by atoms with Crippen LogP contribution >= 0.6 is 31.9 Å². The second-order valence-corrected chi connectivity index (χ2v) is 5.81. The SMILES string of the molecule is N#CC1=C[C@@H]2C[C@@H](C=C(C#N)[C@H]2Br)[C@@H]1Br. The molecule has 0 fully saturated rings. The molecule has 0 radical (unpaired) electrons. The zero-order chi connectivity index (χ0) is 11.0. The second-order valence-electron chi connectivity index (χ2n) is 3.83. The molecule has 0 aliphatic heterocycles. The fourth-order valence-corrected chi connectivity index (χ4v) is 3.41. The van der Waals surface area contributed by atoms with Crippen molar-refractivity contribution >= 4 is 31.9 Å².